The second-order valence-corrected chi connectivity index (χ2v) is 6.14. The molecule has 0 saturated heterocycles. The van der Waals surface area contributed by atoms with Crippen molar-refractivity contribution in [3.8, 4) is 16.9 Å². The third-order valence-electron chi connectivity index (χ3n) is 4.17. The summed E-state index contributed by atoms with van der Waals surface area (Å²) < 4.78 is 40.7. The molecule has 0 spiro atoms. The highest BCUT2D eigenvalue weighted by atomic mass is 19.4. The van der Waals surface area contributed by atoms with Crippen LogP contribution in [0.2, 0.25) is 0 Å². The van der Waals surface area contributed by atoms with Crippen molar-refractivity contribution in [3.05, 3.63) is 84.9 Å². The van der Waals surface area contributed by atoms with Gasteiger partial charge in [-0.15, -0.1) is 13.2 Å². The Hall–Kier alpha value is -3.54. The molecule has 0 saturated carbocycles. The van der Waals surface area contributed by atoms with Crippen molar-refractivity contribution in [1.29, 1.82) is 0 Å². The molecule has 0 aliphatic rings. The number of hydrogen-bond donors (Lipinski definition) is 1. The molecule has 140 valence electrons. The minimum absolute atomic E-state index is 0.268. The van der Waals surface area contributed by atoms with Gasteiger partial charge in [-0.1, -0.05) is 48.5 Å². The van der Waals surface area contributed by atoms with Crippen LogP contribution in [0.5, 0.6) is 5.75 Å². The first kappa shape index (κ1) is 17.9. The van der Waals surface area contributed by atoms with Gasteiger partial charge in [-0.05, 0) is 42.0 Å². The Kier molecular flexibility index (Phi) is 4.61. The fourth-order valence-electron chi connectivity index (χ4n) is 2.96. The minimum atomic E-state index is -4.71. The Morgan fingerprint density at radius 2 is 1.50 bits per heavy atom. The number of anilines is 2. The molecule has 3 nitrogen and oxygen atoms in total. The average Bonchev–Trinajstić information content (AvgIpc) is 2.68. The Labute approximate surface area is 159 Å². The van der Waals surface area contributed by atoms with Crippen LogP contribution < -0.4 is 10.1 Å². The van der Waals surface area contributed by atoms with Crippen LogP contribution >= 0.6 is 0 Å². The van der Waals surface area contributed by atoms with E-state index >= 15 is 0 Å². The van der Waals surface area contributed by atoms with Crippen LogP contribution in [0.15, 0.2) is 84.9 Å². The van der Waals surface area contributed by atoms with Crippen LogP contribution in [-0.4, -0.2) is 11.3 Å². The first-order valence-electron chi connectivity index (χ1n) is 8.56. The van der Waals surface area contributed by atoms with Crippen LogP contribution in [0.1, 0.15) is 0 Å². The number of pyridine rings is 1. The van der Waals surface area contributed by atoms with Crippen molar-refractivity contribution in [2.75, 3.05) is 5.32 Å². The molecule has 0 radical (unpaired) electrons. The van der Waals surface area contributed by atoms with Gasteiger partial charge in [-0.25, -0.2) is 4.98 Å². The molecule has 0 aliphatic carbocycles. The number of fused-ring (bicyclic) bond motifs is 1. The maximum atomic E-state index is 12.3. The summed E-state index contributed by atoms with van der Waals surface area (Å²) in [5.74, 6) is 0.330. The van der Waals surface area contributed by atoms with Gasteiger partial charge >= 0.3 is 6.36 Å². The molecule has 1 N–H and O–H groups in total. The zero-order chi connectivity index (χ0) is 19.6. The number of rotatable bonds is 4. The normalized spacial score (nSPS) is 11.4. The van der Waals surface area contributed by atoms with Crippen molar-refractivity contribution in [2.24, 2.45) is 0 Å². The molecule has 1 aromatic heterocycles. The topological polar surface area (TPSA) is 34.1 Å². The maximum Gasteiger partial charge on any atom is 0.573 e. The number of para-hydroxylation sites is 1. The summed E-state index contributed by atoms with van der Waals surface area (Å²) in [7, 11) is 0. The smallest absolute Gasteiger partial charge is 0.406 e. The van der Waals surface area contributed by atoms with Gasteiger partial charge in [0.2, 0.25) is 0 Å². The molecule has 28 heavy (non-hydrogen) atoms. The van der Waals surface area contributed by atoms with Gasteiger partial charge in [0.05, 0.1) is 5.52 Å². The van der Waals surface area contributed by atoms with Gasteiger partial charge in [-0.2, -0.15) is 0 Å². The van der Waals surface area contributed by atoms with E-state index in [1.165, 1.54) is 24.3 Å². The fraction of sp³-hybridized carbons (Fsp3) is 0.0455. The summed E-state index contributed by atoms with van der Waals surface area (Å²) in [6.45, 7) is 0. The van der Waals surface area contributed by atoms with Gasteiger partial charge in [0.1, 0.15) is 11.6 Å². The largest absolute Gasteiger partial charge is 0.573 e. The predicted octanol–water partition coefficient (Wildman–Crippen LogP) is 6.54. The van der Waals surface area contributed by atoms with E-state index in [0.717, 1.165) is 22.0 Å². The number of ether oxygens (including phenoxy) is 1. The van der Waals surface area contributed by atoms with Crippen LogP contribution in [-0.2, 0) is 0 Å². The van der Waals surface area contributed by atoms with Crippen molar-refractivity contribution in [2.45, 2.75) is 6.36 Å². The van der Waals surface area contributed by atoms with Crippen molar-refractivity contribution < 1.29 is 17.9 Å². The summed E-state index contributed by atoms with van der Waals surface area (Å²) in [4.78, 5) is 4.71. The Morgan fingerprint density at radius 3 is 2.21 bits per heavy atom. The Balaban J connectivity index is 1.63. The first-order chi connectivity index (χ1) is 13.5. The standard InChI is InChI=1S/C22H15F3N2O/c23-22(24,25)28-18-12-10-17(11-13-18)26-20-14-9-16-7-4-8-19(21(16)27-20)15-5-2-1-3-6-15/h1-14H,(H,26,27). The lowest BCUT2D eigenvalue weighted by Crippen LogP contribution is -2.16. The number of aromatic nitrogens is 1. The maximum absolute atomic E-state index is 12.3. The van der Waals surface area contributed by atoms with Gasteiger partial charge in [0.25, 0.3) is 0 Å². The zero-order valence-electron chi connectivity index (χ0n) is 14.6. The van der Waals surface area contributed by atoms with Crippen LogP contribution in [0, 0.1) is 0 Å². The number of benzene rings is 3. The Bertz CT molecular complexity index is 1090. The first-order valence-corrected chi connectivity index (χ1v) is 8.56. The number of alkyl halides is 3. The van der Waals surface area contributed by atoms with Crippen molar-refractivity contribution in [1.82, 2.24) is 4.98 Å². The van der Waals surface area contributed by atoms with E-state index in [-0.39, 0.29) is 5.75 Å². The lowest BCUT2D eigenvalue weighted by atomic mass is 10.0. The van der Waals surface area contributed by atoms with E-state index in [1.54, 1.807) is 0 Å². The molecule has 3 aromatic carbocycles. The average molecular weight is 380 g/mol. The fourth-order valence-corrected chi connectivity index (χ4v) is 2.96. The van der Waals surface area contributed by atoms with E-state index in [4.69, 9.17) is 4.98 Å². The van der Waals surface area contributed by atoms with E-state index < -0.39 is 6.36 Å². The van der Waals surface area contributed by atoms with Gasteiger partial charge in [-0.3, -0.25) is 0 Å². The summed E-state index contributed by atoms with van der Waals surface area (Å²) in [5.41, 5.74) is 3.52. The summed E-state index contributed by atoms with van der Waals surface area (Å²) >= 11 is 0. The summed E-state index contributed by atoms with van der Waals surface area (Å²) in [6.07, 6.45) is -4.71. The molecule has 0 aliphatic heterocycles. The van der Waals surface area contributed by atoms with Gasteiger partial charge in [0, 0.05) is 16.6 Å². The quantitative estimate of drug-likeness (QED) is 0.436. The molecule has 0 unspecified atom stereocenters. The molecule has 4 rings (SSSR count). The van der Waals surface area contributed by atoms with E-state index in [9.17, 15) is 13.2 Å². The van der Waals surface area contributed by atoms with Crippen LogP contribution in [0.25, 0.3) is 22.0 Å². The molecular weight excluding hydrogens is 365 g/mol. The molecular formula is C22H15F3N2O. The van der Waals surface area contributed by atoms with Crippen LogP contribution in [0.3, 0.4) is 0 Å². The lowest BCUT2D eigenvalue weighted by Gasteiger charge is -2.11. The minimum Gasteiger partial charge on any atom is -0.406 e. The van der Waals surface area contributed by atoms with E-state index in [0.29, 0.717) is 11.5 Å². The number of nitrogens with one attached hydrogen (secondary N) is 1. The molecule has 6 heteroatoms. The number of nitrogens with zero attached hydrogens (tertiary/aromatic N) is 1. The Morgan fingerprint density at radius 1 is 0.750 bits per heavy atom. The molecule has 0 fully saturated rings. The van der Waals surface area contributed by atoms with E-state index in [1.807, 2.05) is 60.7 Å². The summed E-state index contributed by atoms with van der Waals surface area (Å²) in [5, 5.41) is 4.12. The molecule has 0 amide bonds. The molecule has 4 aromatic rings. The highest BCUT2D eigenvalue weighted by molar-refractivity contribution is 5.94. The second-order valence-electron chi connectivity index (χ2n) is 6.14. The van der Waals surface area contributed by atoms with Crippen molar-refractivity contribution in [3.63, 3.8) is 0 Å². The molecule has 1 heterocycles. The lowest BCUT2D eigenvalue weighted by molar-refractivity contribution is -0.274. The summed E-state index contributed by atoms with van der Waals surface area (Å²) in [6, 6.07) is 25.3. The number of halogens is 3. The number of hydrogen-bond acceptors (Lipinski definition) is 3. The van der Waals surface area contributed by atoms with Crippen molar-refractivity contribution >= 4 is 22.4 Å². The third-order valence-corrected chi connectivity index (χ3v) is 4.17. The highest BCUT2D eigenvalue weighted by Crippen LogP contribution is 2.29. The molecule has 0 atom stereocenters. The highest BCUT2D eigenvalue weighted by Gasteiger charge is 2.30. The zero-order valence-corrected chi connectivity index (χ0v) is 14.6. The van der Waals surface area contributed by atoms with Gasteiger partial charge in [0.15, 0.2) is 0 Å². The SMILES string of the molecule is FC(F)(F)Oc1ccc(Nc2ccc3cccc(-c4ccccc4)c3n2)cc1. The second kappa shape index (κ2) is 7.23. The van der Waals surface area contributed by atoms with E-state index in [2.05, 4.69) is 10.1 Å². The van der Waals surface area contributed by atoms with Crippen LogP contribution in [0.4, 0.5) is 24.7 Å². The van der Waals surface area contributed by atoms with Gasteiger partial charge < -0.3 is 10.1 Å². The predicted molar refractivity (Wildman–Crippen MR) is 104 cm³/mol. The monoisotopic (exact) mass is 380 g/mol. The third kappa shape index (κ3) is 4.06. The molecule has 0 bridgehead atoms.